The van der Waals surface area contributed by atoms with Gasteiger partial charge < -0.3 is 9.84 Å². The predicted octanol–water partition coefficient (Wildman–Crippen LogP) is 3.50. The molecular formula is C15H19F3O3. The number of ether oxygens (including phenoxy) is 1. The van der Waals surface area contributed by atoms with Crippen molar-refractivity contribution in [3.63, 3.8) is 0 Å². The van der Waals surface area contributed by atoms with Crippen molar-refractivity contribution in [2.24, 2.45) is 5.41 Å². The normalized spacial score (nSPS) is 15.4. The fourth-order valence-corrected chi connectivity index (χ4v) is 1.85. The topological polar surface area (TPSA) is 46.5 Å². The summed E-state index contributed by atoms with van der Waals surface area (Å²) in [5.41, 5.74) is -3.56. The molecular weight excluding hydrogens is 285 g/mol. The molecule has 1 atom stereocenters. The maximum absolute atomic E-state index is 12.5. The maximum atomic E-state index is 12.5. The van der Waals surface area contributed by atoms with Crippen LogP contribution in [-0.2, 0) is 21.3 Å². The highest BCUT2D eigenvalue weighted by atomic mass is 19.4. The monoisotopic (exact) mass is 304 g/mol. The standard InChI is InChI=1S/C15H19F3O3/c1-5-21-12(19)13(2,3)14(4,20)10-6-8-11(9-7-10)15(16,17)18/h6-9,20H,5H2,1-4H3. The van der Waals surface area contributed by atoms with E-state index in [-0.39, 0.29) is 12.2 Å². The van der Waals surface area contributed by atoms with Crippen molar-refractivity contribution in [2.45, 2.75) is 39.5 Å². The molecule has 118 valence electrons. The maximum Gasteiger partial charge on any atom is 0.416 e. The fourth-order valence-electron chi connectivity index (χ4n) is 1.85. The van der Waals surface area contributed by atoms with Crippen molar-refractivity contribution >= 4 is 5.97 Å². The zero-order valence-electron chi connectivity index (χ0n) is 12.4. The largest absolute Gasteiger partial charge is 0.465 e. The Kier molecular flexibility index (Phi) is 4.73. The molecule has 1 unspecified atom stereocenters. The fraction of sp³-hybridized carbons (Fsp3) is 0.533. The number of carbonyl (C=O) groups excluding carboxylic acids is 1. The van der Waals surface area contributed by atoms with Crippen molar-refractivity contribution in [2.75, 3.05) is 6.61 Å². The second-order valence-corrected chi connectivity index (χ2v) is 5.49. The Balaban J connectivity index is 3.15. The van der Waals surface area contributed by atoms with Gasteiger partial charge in [0.2, 0.25) is 0 Å². The Bertz CT molecular complexity index is 502. The molecule has 0 saturated carbocycles. The summed E-state index contributed by atoms with van der Waals surface area (Å²) in [5, 5.41) is 10.6. The summed E-state index contributed by atoms with van der Waals surface area (Å²) in [6, 6.07) is 4.10. The summed E-state index contributed by atoms with van der Waals surface area (Å²) in [4.78, 5) is 11.9. The molecule has 0 aromatic heterocycles. The Morgan fingerprint density at radius 3 is 1.90 bits per heavy atom. The van der Waals surface area contributed by atoms with Crippen molar-refractivity contribution in [3.05, 3.63) is 35.4 Å². The molecule has 6 heteroatoms. The van der Waals surface area contributed by atoms with Gasteiger partial charge in [-0.25, -0.2) is 0 Å². The molecule has 0 fully saturated rings. The van der Waals surface area contributed by atoms with Crippen LogP contribution in [0.1, 0.15) is 38.8 Å². The number of halogens is 3. The minimum Gasteiger partial charge on any atom is -0.465 e. The number of hydrogen-bond acceptors (Lipinski definition) is 3. The Morgan fingerprint density at radius 1 is 1.10 bits per heavy atom. The summed E-state index contributed by atoms with van der Waals surface area (Å²) in [5.74, 6) is -0.616. The lowest BCUT2D eigenvalue weighted by atomic mass is 9.72. The smallest absolute Gasteiger partial charge is 0.416 e. The molecule has 3 nitrogen and oxygen atoms in total. The van der Waals surface area contributed by atoms with Gasteiger partial charge >= 0.3 is 12.1 Å². The molecule has 0 heterocycles. The highest BCUT2D eigenvalue weighted by Crippen LogP contribution is 2.41. The lowest BCUT2D eigenvalue weighted by molar-refractivity contribution is -0.170. The van der Waals surface area contributed by atoms with E-state index in [0.29, 0.717) is 0 Å². The van der Waals surface area contributed by atoms with Gasteiger partial charge in [-0.3, -0.25) is 4.79 Å². The van der Waals surface area contributed by atoms with E-state index in [9.17, 15) is 23.1 Å². The van der Waals surface area contributed by atoms with E-state index < -0.39 is 28.7 Å². The van der Waals surface area contributed by atoms with Crippen LogP contribution in [0.5, 0.6) is 0 Å². The molecule has 1 aromatic carbocycles. The molecule has 0 spiro atoms. The molecule has 21 heavy (non-hydrogen) atoms. The SMILES string of the molecule is CCOC(=O)C(C)(C)C(C)(O)c1ccc(C(F)(F)F)cc1. The first kappa shape index (κ1) is 17.5. The third-order valence-corrected chi connectivity index (χ3v) is 3.78. The number of alkyl halides is 3. The van der Waals surface area contributed by atoms with Gasteiger partial charge in [0.05, 0.1) is 17.6 Å². The van der Waals surface area contributed by atoms with Crippen LogP contribution in [-0.4, -0.2) is 17.7 Å². The van der Waals surface area contributed by atoms with Crippen LogP contribution in [0.4, 0.5) is 13.2 Å². The first-order chi connectivity index (χ1) is 9.44. The van der Waals surface area contributed by atoms with Crippen LogP contribution in [0.3, 0.4) is 0 Å². The van der Waals surface area contributed by atoms with Crippen molar-refractivity contribution in [3.8, 4) is 0 Å². The van der Waals surface area contributed by atoms with Crippen LogP contribution in [0.15, 0.2) is 24.3 Å². The summed E-state index contributed by atoms with van der Waals surface area (Å²) < 4.78 is 42.5. The zero-order valence-corrected chi connectivity index (χ0v) is 12.4. The number of aliphatic hydroxyl groups is 1. The van der Waals surface area contributed by atoms with Gasteiger partial charge in [0.1, 0.15) is 5.60 Å². The second-order valence-electron chi connectivity index (χ2n) is 5.49. The van der Waals surface area contributed by atoms with Gasteiger partial charge in [-0.1, -0.05) is 12.1 Å². The van der Waals surface area contributed by atoms with E-state index in [1.54, 1.807) is 6.92 Å². The summed E-state index contributed by atoms with van der Waals surface area (Å²) >= 11 is 0. The molecule has 1 N–H and O–H groups in total. The number of benzene rings is 1. The van der Waals surface area contributed by atoms with E-state index in [4.69, 9.17) is 4.74 Å². The summed E-state index contributed by atoms with van der Waals surface area (Å²) in [6.07, 6.45) is -4.44. The lowest BCUT2D eigenvalue weighted by Crippen LogP contribution is -2.46. The summed E-state index contributed by atoms with van der Waals surface area (Å²) in [6.45, 7) is 6.16. The molecule has 0 aliphatic carbocycles. The highest BCUT2D eigenvalue weighted by molar-refractivity contribution is 5.77. The molecule has 1 rings (SSSR count). The molecule has 1 aromatic rings. The van der Waals surface area contributed by atoms with Crippen molar-refractivity contribution < 1.29 is 27.8 Å². The molecule has 0 amide bonds. The van der Waals surface area contributed by atoms with E-state index in [1.807, 2.05) is 0 Å². The first-order valence-corrected chi connectivity index (χ1v) is 6.52. The molecule has 0 aliphatic rings. The van der Waals surface area contributed by atoms with Crippen molar-refractivity contribution in [1.82, 2.24) is 0 Å². The van der Waals surface area contributed by atoms with E-state index in [0.717, 1.165) is 12.1 Å². The van der Waals surface area contributed by atoms with Crippen LogP contribution < -0.4 is 0 Å². The average molecular weight is 304 g/mol. The Labute approximate surface area is 121 Å². The molecule has 0 aliphatic heterocycles. The second kappa shape index (κ2) is 5.67. The van der Waals surface area contributed by atoms with E-state index in [1.165, 1.54) is 32.9 Å². The lowest BCUT2D eigenvalue weighted by Gasteiger charge is -2.38. The molecule has 0 radical (unpaired) electrons. The van der Waals surface area contributed by atoms with Crippen LogP contribution in [0, 0.1) is 5.41 Å². The van der Waals surface area contributed by atoms with Gasteiger partial charge in [-0.15, -0.1) is 0 Å². The molecule has 0 bridgehead atoms. The van der Waals surface area contributed by atoms with Gasteiger partial charge in [-0.2, -0.15) is 13.2 Å². The zero-order chi connectivity index (χ0) is 16.5. The quantitative estimate of drug-likeness (QED) is 0.866. The van der Waals surface area contributed by atoms with Gasteiger partial charge in [0, 0.05) is 0 Å². The minimum atomic E-state index is -4.44. The third kappa shape index (κ3) is 3.37. The van der Waals surface area contributed by atoms with Gasteiger partial charge in [0.25, 0.3) is 0 Å². The van der Waals surface area contributed by atoms with Crippen LogP contribution in [0.25, 0.3) is 0 Å². The number of esters is 1. The number of hydrogen-bond donors (Lipinski definition) is 1. The van der Waals surface area contributed by atoms with Crippen molar-refractivity contribution in [1.29, 1.82) is 0 Å². The van der Waals surface area contributed by atoms with E-state index >= 15 is 0 Å². The average Bonchev–Trinajstić information content (AvgIpc) is 2.37. The number of carbonyl (C=O) groups is 1. The number of rotatable bonds is 4. The first-order valence-electron chi connectivity index (χ1n) is 6.52. The van der Waals surface area contributed by atoms with E-state index in [2.05, 4.69) is 0 Å². The highest BCUT2D eigenvalue weighted by Gasteiger charge is 2.48. The Morgan fingerprint density at radius 2 is 1.52 bits per heavy atom. The van der Waals surface area contributed by atoms with Crippen LogP contribution in [0.2, 0.25) is 0 Å². The Hall–Kier alpha value is -1.56. The van der Waals surface area contributed by atoms with Gasteiger partial charge in [0.15, 0.2) is 0 Å². The predicted molar refractivity (Wildman–Crippen MR) is 71.4 cm³/mol. The van der Waals surface area contributed by atoms with Crippen LogP contribution >= 0.6 is 0 Å². The summed E-state index contributed by atoms with van der Waals surface area (Å²) in [7, 11) is 0. The minimum absolute atomic E-state index is 0.158. The van der Waals surface area contributed by atoms with Gasteiger partial charge in [-0.05, 0) is 45.4 Å². The molecule has 0 saturated heterocycles. The third-order valence-electron chi connectivity index (χ3n) is 3.78.